The number of nitrogen functional groups attached to an aromatic ring is 1. The molecule has 0 aliphatic carbocycles. The van der Waals surface area contributed by atoms with Gasteiger partial charge in [0.1, 0.15) is 11.6 Å². The Bertz CT molecular complexity index is 642. The van der Waals surface area contributed by atoms with E-state index in [4.69, 9.17) is 5.73 Å². The molecule has 0 aliphatic heterocycles. The molecule has 1 aromatic carbocycles. The maximum atomic E-state index is 13.8. The Morgan fingerprint density at radius 3 is 2.42 bits per heavy atom. The van der Waals surface area contributed by atoms with Crippen molar-refractivity contribution >= 4 is 5.82 Å². The van der Waals surface area contributed by atoms with Crippen LogP contribution in [0, 0.1) is 24.4 Å². The van der Waals surface area contributed by atoms with Crippen LogP contribution < -0.4 is 5.73 Å². The van der Waals surface area contributed by atoms with E-state index in [9.17, 15) is 13.2 Å². The largest absolute Gasteiger partial charge is 0.383 e. The molecule has 19 heavy (non-hydrogen) atoms. The quantitative estimate of drug-likeness (QED) is 0.851. The van der Waals surface area contributed by atoms with Crippen LogP contribution in [0.1, 0.15) is 18.3 Å². The van der Waals surface area contributed by atoms with Gasteiger partial charge in [-0.3, -0.25) is 0 Å². The first kappa shape index (κ1) is 13.3. The van der Waals surface area contributed by atoms with Gasteiger partial charge < -0.3 is 5.73 Å². The minimum absolute atomic E-state index is 0.125. The molecular formula is C13H12F3N3. The Hall–Kier alpha value is -2.11. The summed E-state index contributed by atoms with van der Waals surface area (Å²) in [5.41, 5.74) is 6.20. The van der Waals surface area contributed by atoms with Gasteiger partial charge in [-0.05, 0) is 19.1 Å². The van der Waals surface area contributed by atoms with Crippen molar-refractivity contribution in [2.24, 2.45) is 0 Å². The maximum absolute atomic E-state index is 13.8. The third-order valence-corrected chi connectivity index (χ3v) is 2.84. The number of nitrogens with two attached hydrogens (primary N) is 1. The van der Waals surface area contributed by atoms with Crippen molar-refractivity contribution < 1.29 is 13.2 Å². The summed E-state index contributed by atoms with van der Waals surface area (Å²) in [6.07, 6.45) is 0.503. The van der Waals surface area contributed by atoms with E-state index in [1.54, 1.807) is 6.92 Å². The number of rotatable bonds is 2. The summed E-state index contributed by atoms with van der Waals surface area (Å²) in [7, 11) is 0. The van der Waals surface area contributed by atoms with E-state index in [2.05, 4.69) is 9.97 Å². The van der Waals surface area contributed by atoms with Crippen molar-refractivity contribution in [3.63, 3.8) is 0 Å². The Labute approximate surface area is 108 Å². The SMILES string of the molecule is CCc1nc(N)c(C)c(-c2ccc(F)c(F)c2F)n1. The molecule has 0 fully saturated rings. The normalized spacial score (nSPS) is 10.8. The summed E-state index contributed by atoms with van der Waals surface area (Å²) >= 11 is 0. The van der Waals surface area contributed by atoms with Crippen LogP contribution in [0.3, 0.4) is 0 Å². The molecule has 3 nitrogen and oxygen atoms in total. The van der Waals surface area contributed by atoms with Gasteiger partial charge in [0.05, 0.1) is 5.69 Å². The van der Waals surface area contributed by atoms with Crippen molar-refractivity contribution in [1.29, 1.82) is 0 Å². The van der Waals surface area contributed by atoms with Gasteiger partial charge in [-0.25, -0.2) is 23.1 Å². The van der Waals surface area contributed by atoms with E-state index in [0.29, 0.717) is 17.8 Å². The molecule has 2 aromatic rings. The summed E-state index contributed by atoms with van der Waals surface area (Å²) in [4.78, 5) is 8.16. The van der Waals surface area contributed by atoms with Crippen LogP contribution in [-0.2, 0) is 6.42 Å². The lowest BCUT2D eigenvalue weighted by molar-refractivity contribution is 0.448. The first-order valence-corrected chi connectivity index (χ1v) is 5.72. The molecular weight excluding hydrogens is 255 g/mol. The minimum atomic E-state index is -1.52. The highest BCUT2D eigenvalue weighted by molar-refractivity contribution is 5.67. The number of anilines is 1. The summed E-state index contributed by atoms with van der Waals surface area (Å²) in [6, 6.07) is 2.00. The van der Waals surface area contributed by atoms with Gasteiger partial charge in [-0.2, -0.15) is 0 Å². The molecule has 0 saturated heterocycles. The standard InChI is InChI=1S/C13H12F3N3/c1-3-9-18-12(6(2)13(17)19-9)7-4-5-8(14)11(16)10(7)15/h4-5H,3H2,1-2H3,(H2,17,18,19). The van der Waals surface area contributed by atoms with Crippen LogP contribution in [0.5, 0.6) is 0 Å². The summed E-state index contributed by atoms with van der Waals surface area (Å²) in [5, 5.41) is 0. The Kier molecular flexibility index (Phi) is 3.42. The third kappa shape index (κ3) is 2.25. The van der Waals surface area contributed by atoms with Gasteiger partial charge in [0.2, 0.25) is 0 Å². The topological polar surface area (TPSA) is 51.8 Å². The van der Waals surface area contributed by atoms with Gasteiger partial charge in [-0.1, -0.05) is 6.92 Å². The second-order valence-corrected chi connectivity index (χ2v) is 4.08. The number of aromatic nitrogens is 2. The Balaban J connectivity index is 2.72. The number of hydrogen-bond acceptors (Lipinski definition) is 3. The molecule has 0 amide bonds. The summed E-state index contributed by atoms with van der Waals surface area (Å²) in [5.74, 6) is -3.42. The molecule has 0 atom stereocenters. The van der Waals surface area contributed by atoms with E-state index in [0.717, 1.165) is 12.1 Å². The van der Waals surface area contributed by atoms with Gasteiger partial charge in [0.15, 0.2) is 17.5 Å². The van der Waals surface area contributed by atoms with Crippen molar-refractivity contribution in [2.75, 3.05) is 5.73 Å². The third-order valence-electron chi connectivity index (χ3n) is 2.84. The van der Waals surface area contributed by atoms with Gasteiger partial charge in [0, 0.05) is 17.5 Å². The molecule has 1 heterocycles. The van der Waals surface area contributed by atoms with Crippen molar-refractivity contribution in [2.45, 2.75) is 20.3 Å². The highest BCUT2D eigenvalue weighted by atomic mass is 19.2. The van der Waals surface area contributed by atoms with E-state index in [1.165, 1.54) is 0 Å². The number of halogens is 3. The zero-order valence-corrected chi connectivity index (χ0v) is 10.5. The molecule has 2 rings (SSSR count). The van der Waals surface area contributed by atoms with Crippen molar-refractivity contribution in [1.82, 2.24) is 9.97 Å². The predicted molar refractivity (Wildman–Crippen MR) is 65.9 cm³/mol. The lowest BCUT2D eigenvalue weighted by Gasteiger charge is -2.10. The Morgan fingerprint density at radius 2 is 1.79 bits per heavy atom. The molecule has 0 saturated carbocycles. The number of nitrogens with zero attached hydrogens (tertiary/aromatic N) is 2. The molecule has 0 bridgehead atoms. The monoisotopic (exact) mass is 267 g/mol. The lowest BCUT2D eigenvalue weighted by Crippen LogP contribution is -2.06. The highest BCUT2D eigenvalue weighted by Crippen LogP contribution is 2.28. The summed E-state index contributed by atoms with van der Waals surface area (Å²) < 4.78 is 40.0. The van der Waals surface area contributed by atoms with Gasteiger partial charge >= 0.3 is 0 Å². The minimum Gasteiger partial charge on any atom is -0.383 e. The predicted octanol–water partition coefficient (Wildman–Crippen LogP) is 3.01. The van der Waals surface area contributed by atoms with Crippen molar-refractivity contribution in [3.05, 3.63) is 41.0 Å². The number of benzene rings is 1. The van der Waals surface area contributed by atoms with E-state index in [-0.39, 0.29) is 17.1 Å². The first-order chi connectivity index (χ1) is 8.95. The van der Waals surface area contributed by atoms with Gasteiger partial charge in [0.25, 0.3) is 0 Å². The van der Waals surface area contributed by atoms with Crippen LogP contribution in [0.4, 0.5) is 19.0 Å². The van der Waals surface area contributed by atoms with Crippen LogP contribution >= 0.6 is 0 Å². The molecule has 0 radical (unpaired) electrons. The van der Waals surface area contributed by atoms with Crippen LogP contribution in [0.25, 0.3) is 11.3 Å². The number of hydrogen-bond donors (Lipinski definition) is 1. The Morgan fingerprint density at radius 1 is 1.11 bits per heavy atom. The molecule has 2 N–H and O–H groups in total. The lowest BCUT2D eigenvalue weighted by atomic mass is 10.1. The van der Waals surface area contributed by atoms with E-state index in [1.807, 2.05) is 6.92 Å². The molecule has 0 aliphatic rings. The fourth-order valence-corrected chi connectivity index (χ4v) is 1.71. The second-order valence-electron chi connectivity index (χ2n) is 4.08. The van der Waals surface area contributed by atoms with Crippen LogP contribution in [0.2, 0.25) is 0 Å². The van der Waals surface area contributed by atoms with E-state index < -0.39 is 17.5 Å². The zero-order valence-electron chi connectivity index (χ0n) is 10.5. The second kappa shape index (κ2) is 4.87. The summed E-state index contributed by atoms with van der Waals surface area (Å²) in [6.45, 7) is 3.42. The fourth-order valence-electron chi connectivity index (χ4n) is 1.71. The van der Waals surface area contributed by atoms with Crippen LogP contribution in [0.15, 0.2) is 12.1 Å². The maximum Gasteiger partial charge on any atom is 0.195 e. The van der Waals surface area contributed by atoms with Crippen LogP contribution in [-0.4, -0.2) is 9.97 Å². The molecule has 6 heteroatoms. The molecule has 0 spiro atoms. The van der Waals surface area contributed by atoms with Gasteiger partial charge in [-0.15, -0.1) is 0 Å². The average molecular weight is 267 g/mol. The number of aryl methyl sites for hydroxylation is 1. The molecule has 0 unspecified atom stereocenters. The van der Waals surface area contributed by atoms with Crippen molar-refractivity contribution in [3.8, 4) is 11.3 Å². The molecule has 1 aromatic heterocycles. The zero-order chi connectivity index (χ0) is 14.2. The smallest absolute Gasteiger partial charge is 0.195 e. The first-order valence-electron chi connectivity index (χ1n) is 5.72. The highest BCUT2D eigenvalue weighted by Gasteiger charge is 2.19. The fraction of sp³-hybridized carbons (Fsp3) is 0.231. The molecule has 100 valence electrons. The average Bonchev–Trinajstić information content (AvgIpc) is 2.40. The van der Waals surface area contributed by atoms with E-state index >= 15 is 0 Å².